The second-order valence-corrected chi connectivity index (χ2v) is 9.45. The van der Waals surface area contributed by atoms with Crippen LogP contribution >= 0.6 is 0 Å². The number of nitrogens with zero attached hydrogens (tertiary/aromatic N) is 1. The predicted molar refractivity (Wildman–Crippen MR) is 138 cm³/mol. The summed E-state index contributed by atoms with van der Waals surface area (Å²) in [6.45, 7) is 2.24. The van der Waals surface area contributed by atoms with E-state index in [1.807, 2.05) is 0 Å². The molecule has 8 heteroatoms. The van der Waals surface area contributed by atoms with Crippen molar-refractivity contribution in [2.45, 2.75) is 115 Å². The monoisotopic (exact) mass is 492 g/mol. The topological polar surface area (TPSA) is 136 Å². The molecule has 0 bridgehead atoms. The van der Waals surface area contributed by atoms with Crippen molar-refractivity contribution < 1.29 is 24.9 Å². The van der Waals surface area contributed by atoms with Gasteiger partial charge in [0.1, 0.15) is 5.54 Å². The number of benzene rings is 1. The van der Waals surface area contributed by atoms with Crippen LogP contribution in [0.2, 0.25) is 0 Å². The highest BCUT2D eigenvalue weighted by Gasteiger charge is 2.36. The van der Waals surface area contributed by atoms with Crippen molar-refractivity contribution in [1.29, 1.82) is 0 Å². The Bertz CT molecular complexity index is 783. The smallest absolute Gasteiger partial charge is 0.323 e. The minimum absolute atomic E-state index is 0.0431. The molecule has 0 radical (unpaired) electrons. The molecule has 1 aromatic rings. The molecule has 8 nitrogen and oxygen atoms in total. The van der Waals surface area contributed by atoms with Crippen LogP contribution in [0, 0.1) is 10.1 Å². The minimum atomic E-state index is -1.59. The number of hydrogen-bond donors (Lipinski definition) is 3. The highest BCUT2D eigenvalue weighted by atomic mass is 17.0. The lowest BCUT2D eigenvalue weighted by Crippen LogP contribution is -2.51. The van der Waals surface area contributed by atoms with Crippen molar-refractivity contribution in [3.63, 3.8) is 0 Å². The van der Waals surface area contributed by atoms with E-state index in [4.69, 9.17) is 5.73 Å². The van der Waals surface area contributed by atoms with Crippen LogP contribution in [0.4, 0.5) is 0 Å². The van der Waals surface area contributed by atoms with E-state index in [1.165, 1.54) is 63.1 Å². The zero-order valence-corrected chi connectivity index (χ0v) is 21.3. The van der Waals surface area contributed by atoms with E-state index in [1.54, 1.807) is 0 Å². The summed E-state index contributed by atoms with van der Waals surface area (Å²) < 4.78 is 0. The van der Waals surface area contributed by atoms with E-state index in [-0.39, 0.29) is 24.3 Å². The molecule has 0 spiro atoms. The van der Waals surface area contributed by atoms with Gasteiger partial charge in [-0.3, -0.25) is 4.79 Å². The van der Waals surface area contributed by atoms with Crippen LogP contribution in [0.15, 0.2) is 30.4 Å². The maximum atomic E-state index is 12.3. The molecule has 1 atom stereocenters. The second kappa shape index (κ2) is 17.8. The number of rotatable bonds is 20. The Morgan fingerprint density at radius 1 is 0.943 bits per heavy atom. The van der Waals surface area contributed by atoms with Gasteiger partial charge in [-0.15, -0.1) is 10.1 Å². The summed E-state index contributed by atoms with van der Waals surface area (Å²) in [6.07, 6.45) is 20.9. The summed E-state index contributed by atoms with van der Waals surface area (Å²) in [7, 11) is 0. The zero-order chi connectivity index (χ0) is 25.9. The van der Waals surface area contributed by atoms with Crippen LogP contribution in [0.5, 0.6) is 11.5 Å². The molecule has 0 heterocycles. The molecule has 1 rings (SSSR count). The van der Waals surface area contributed by atoms with Crippen molar-refractivity contribution in [2.24, 2.45) is 5.73 Å². The molecule has 0 aliphatic heterocycles. The average molecular weight is 493 g/mol. The molecule has 35 heavy (non-hydrogen) atoms. The van der Waals surface area contributed by atoms with E-state index < -0.39 is 16.6 Å². The first-order valence-electron chi connectivity index (χ1n) is 13.1. The number of phenols is 2. The number of carbonyl (C=O) groups is 1. The number of carbonyl (C=O) groups excluding carboxylic acids is 1. The van der Waals surface area contributed by atoms with Gasteiger partial charge in [0.2, 0.25) is 0 Å². The normalized spacial score (nSPS) is 13.1. The molecule has 0 aliphatic carbocycles. The van der Waals surface area contributed by atoms with Crippen LogP contribution in [0.25, 0.3) is 0 Å². The quantitative estimate of drug-likeness (QED) is 0.0621. The standard InChI is InChI=1S/C27H44N2O6/c1-2-3-4-5-6-7-8-9-10-11-12-13-14-15-16-17-20-27(28,26(32)35-29(33)34)22-23-18-19-24(30)25(31)21-23/h9-10,18-19,21,30-31H,2-8,11-17,20,22,28H2,1H3/t27-/m0/s1. The van der Waals surface area contributed by atoms with Crippen LogP contribution in [-0.4, -0.2) is 26.8 Å². The van der Waals surface area contributed by atoms with Gasteiger partial charge in [0.25, 0.3) is 0 Å². The Kier molecular flexibility index (Phi) is 15.4. The van der Waals surface area contributed by atoms with E-state index >= 15 is 0 Å². The number of nitrogens with two attached hydrogens (primary N) is 1. The Labute approximate surface area is 209 Å². The van der Waals surface area contributed by atoms with Gasteiger partial charge in [0, 0.05) is 0 Å². The van der Waals surface area contributed by atoms with E-state index in [0.717, 1.165) is 38.5 Å². The number of phenolic OH excluding ortho intramolecular Hbond substituents is 2. The molecule has 198 valence electrons. The molecule has 4 N–H and O–H groups in total. The van der Waals surface area contributed by atoms with Gasteiger partial charge in [0.05, 0.1) is 0 Å². The van der Waals surface area contributed by atoms with Crippen molar-refractivity contribution >= 4 is 5.97 Å². The summed E-state index contributed by atoms with van der Waals surface area (Å²) in [5, 5.41) is 28.7. The van der Waals surface area contributed by atoms with E-state index in [2.05, 4.69) is 23.9 Å². The Balaban J connectivity index is 2.27. The molecule has 0 aliphatic rings. The fourth-order valence-electron chi connectivity index (χ4n) is 4.15. The van der Waals surface area contributed by atoms with Gasteiger partial charge in [-0.1, -0.05) is 89.4 Å². The van der Waals surface area contributed by atoms with Gasteiger partial charge in [0.15, 0.2) is 11.5 Å². The summed E-state index contributed by atoms with van der Waals surface area (Å²) in [5.74, 6) is -1.75. The van der Waals surface area contributed by atoms with Crippen molar-refractivity contribution in [3.8, 4) is 11.5 Å². The molecule has 0 saturated heterocycles. The molecule has 0 aromatic heterocycles. The molecular formula is C27H44N2O6. The first kappa shape index (κ1) is 30.4. The lowest BCUT2D eigenvalue weighted by atomic mass is 9.86. The zero-order valence-electron chi connectivity index (χ0n) is 21.3. The maximum absolute atomic E-state index is 12.3. The van der Waals surface area contributed by atoms with E-state index in [9.17, 15) is 25.1 Å². The number of unbranched alkanes of at least 4 members (excludes halogenated alkanes) is 12. The Hall–Kier alpha value is -2.61. The molecular weight excluding hydrogens is 448 g/mol. The second-order valence-electron chi connectivity index (χ2n) is 9.45. The van der Waals surface area contributed by atoms with Crippen molar-refractivity contribution in [3.05, 3.63) is 46.0 Å². The third kappa shape index (κ3) is 13.8. The van der Waals surface area contributed by atoms with Crippen molar-refractivity contribution in [2.75, 3.05) is 0 Å². The van der Waals surface area contributed by atoms with Gasteiger partial charge in [-0.05, 0) is 56.2 Å². The van der Waals surface area contributed by atoms with Crippen LogP contribution in [-0.2, 0) is 16.1 Å². The molecule has 0 saturated carbocycles. The molecule has 0 unspecified atom stereocenters. The van der Waals surface area contributed by atoms with Gasteiger partial charge in [-0.25, -0.2) is 4.84 Å². The van der Waals surface area contributed by atoms with Crippen LogP contribution in [0.1, 0.15) is 109 Å². The van der Waals surface area contributed by atoms with Crippen LogP contribution in [0.3, 0.4) is 0 Å². The van der Waals surface area contributed by atoms with E-state index in [0.29, 0.717) is 12.0 Å². The summed E-state index contributed by atoms with van der Waals surface area (Å²) in [6, 6.07) is 4.09. The number of allylic oxidation sites excluding steroid dienone is 2. The number of hydrogen-bond acceptors (Lipinski definition) is 7. The third-order valence-corrected chi connectivity index (χ3v) is 6.26. The largest absolute Gasteiger partial charge is 0.504 e. The highest BCUT2D eigenvalue weighted by molar-refractivity contribution is 5.80. The summed E-state index contributed by atoms with van der Waals surface area (Å²) in [5.41, 5.74) is 5.13. The fourth-order valence-corrected chi connectivity index (χ4v) is 4.15. The van der Waals surface area contributed by atoms with Gasteiger partial charge >= 0.3 is 11.1 Å². The fraction of sp³-hybridized carbons (Fsp3) is 0.667. The van der Waals surface area contributed by atoms with Crippen molar-refractivity contribution in [1.82, 2.24) is 0 Å². The Morgan fingerprint density at radius 3 is 2.03 bits per heavy atom. The minimum Gasteiger partial charge on any atom is -0.504 e. The van der Waals surface area contributed by atoms with Gasteiger partial charge < -0.3 is 15.9 Å². The predicted octanol–water partition coefficient (Wildman–Crippen LogP) is 6.50. The average Bonchev–Trinajstić information content (AvgIpc) is 2.80. The lowest BCUT2D eigenvalue weighted by Gasteiger charge is -2.26. The highest BCUT2D eigenvalue weighted by Crippen LogP contribution is 2.28. The summed E-state index contributed by atoms with van der Waals surface area (Å²) >= 11 is 0. The molecule has 0 amide bonds. The number of aromatic hydroxyl groups is 2. The molecule has 1 aromatic carbocycles. The lowest BCUT2D eigenvalue weighted by molar-refractivity contribution is -0.730. The third-order valence-electron chi connectivity index (χ3n) is 6.26. The first-order valence-corrected chi connectivity index (χ1v) is 13.1. The maximum Gasteiger partial charge on any atom is 0.323 e. The Morgan fingerprint density at radius 2 is 1.49 bits per heavy atom. The SMILES string of the molecule is CCCCCCCCC=CCCCCCCCC[C@](N)(Cc1ccc(O)c(O)c1)C(=O)O[N+](=O)[O-]. The van der Waals surface area contributed by atoms with Crippen LogP contribution < -0.4 is 5.73 Å². The summed E-state index contributed by atoms with van der Waals surface area (Å²) in [4.78, 5) is 27.1. The first-order chi connectivity index (χ1) is 16.8. The van der Waals surface area contributed by atoms with Gasteiger partial charge in [-0.2, -0.15) is 0 Å². The molecule has 0 fully saturated rings.